The maximum atomic E-state index is 10.4. The molecule has 1 aliphatic rings. The van der Waals surface area contributed by atoms with Crippen molar-refractivity contribution in [3.8, 4) is 0 Å². The van der Waals surface area contributed by atoms with Gasteiger partial charge in [-0.15, -0.1) is 17.9 Å². The first kappa shape index (κ1) is 29.2. The lowest BCUT2D eigenvalue weighted by Gasteiger charge is -2.32. The molecule has 0 aliphatic carbocycles. The highest BCUT2D eigenvalue weighted by Gasteiger charge is 2.29. The lowest BCUT2D eigenvalue weighted by molar-refractivity contribution is 0.111. The summed E-state index contributed by atoms with van der Waals surface area (Å²) in [5.41, 5.74) is 7.79. The van der Waals surface area contributed by atoms with Crippen LogP contribution in [0.4, 0.5) is 0 Å². The number of aromatic nitrogens is 1. The van der Waals surface area contributed by atoms with Crippen molar-refractivity contribution >= 4 is 17.6 Å². The standard InChI is InChI=1S/C15H25N.C9H12N2OS.C2H6/c1-6-10-11-13(8-3)15(5,12-7-2)14(16)9-4;12-5-8-6-13-9(11-8)7-1-3-10-4-2-7;1-2/h7-12,14H,4,6,16H2,1-3,5H3;5-7,10H,1-4H2;1-2H3/b11-10-,12-7-,13-8+;;. The van der Waals surface area contributed by atoms with Gasteiger partial charge in [-0.1, -0.05) is 64.2 Å². The monoisotopic (exact) mass is 445 g/mol. The molecule has 5 heteroatoms. The number of aldehydes is 1. The molecule has 1 fully saturated rings. The molecule has 0 aromatic carbocycles. The van der Waals surface area contributed by atoms with Crippen LogP contribution in [0.1, 0.15) is 82.2 Å². The number of nitrogens with zero attached hydrogens (tertiary/aromatic N) is 1. The van der Waals surface area contributed by atoms with Crippen molar-refractivity contribution in [2.45, 2.75) is 72.8 Å². The molecule has 0 radical (unpaired) electrons. The van der Waals surface area contributed by atoms with Gasteiger partial charge < -0.3 is 11.1 Å². The molecule has 0 bridgehead atoms. The second-order valence-corrected chi connectivity index (χ2v) is 8.24. The number of thiazole rings is 1. The minimum atomic E-state index is -0.170. The van der Waals surface area contributed by atoms with E-state index in [1.165, 1.54) is 5.57 Å². The van der Waals surface area contributed by atoms with E-state index in [1.807, 2.05) is 45.2 Å². The number of hydrogen-bond acceptors (Lipinski definition) is 5. The average molecular weight is 446 g/mol. The van der Waals surface area contributed by atoms with Crippen LogP contribution in [-0.4, -0.2) is 30.4 Å². The Morgan fingerprint density at radius 2 is 2.03 bits per heavy atom. The first-order valence-corrected chi connectivity index (χ1v) is 12.3. The van der Waals surface area contributed by atoms with Gasteiger partial charge >= 0.3 is 0 Å². The van der Waals surface area contributed by atoms with E-state index in [4.69, 9.17) is 5.73 Å². The van der Waals surface area contributed by atoms with Gasteiger partial charge in [0.15, 0.2) is 6.29 Å². The number of rotatable bonds is 8. The van der Waals surface area contributed by atoms with Crippen LogP contribution in [0.2, 0.25) is 0 Å². The molecular formula is C26H43N3OS. The molecule has 2 heterocycles. The topological polar surface area (TPSA) is 68.0 Å². The predicted molar refractivity (Wildman–Crippen MR) is 138 cm³/mol. The summed E-state index contributed by atoms with van der Waals surface area (Å²) in [6, 6.07) is -0.0728. The lowest BCUT2D eigenvalue weighted by Crippen LogP contribution is -2.37. The molecule has 3 N–H and O–H groups in total. The fourth-order valence-electron chi connectivity index (χ4n) is 3.43. The fourth-order valence-corrected chi connectivity index (χ4v) is 4.37. The maximum Gasteiger partial charge on any atom is 0.169 e. The van der Waals surface area contributed by atoms with Crippen LogP contribution in [-0.2, 0) is 0 Å². The number of carbonyl (C=O) groups is 1. The predicted octanol–water partition coefficient (Wildman–Crippen LogP) is 6.44. The fraction of sp³-hybridized carbons (Fsp3) is 0.538. The summed E-state index contributed by atoms with van der Waals surface area (Å²) >= 11 is 1.61. The summed E-state index contributed by atoms with van der Waals surface area (Å²) in [7, 11) is 0. The van der Waals surface area contributed by atoms with E-state index >= 15 is 0 Å². The van der Waals surface area contributed by atoms with Gasteiger partial charge in [0.25, 0.3) is 0 Å². The number of nitrogens with one attached hydrogen (secondary N) is 1. The highest BCUT2D eigenvalue weighted by atomic mass is 32.1. The quantitative estimate of drug-likeness (QED) is 0.274. The molecule has 1 aromatic rings. The molecule has 0 spiro atoms. The zero-order valence-electron chi connectivity index (χ0n) is 20.4. The van der Waals surface area contributed by atoms with Crippen molar-refractivity contribution in [1.82, 2.24) is 10.3 Å². The van der Waals surface area contributed by atoms with Gasteiger partial charge in [0.2, 0.25) is 0 Å². The van der Waals surface area contributed by atoms with Crippen molar-refractivity contribution in [3.63, 3.8) is 0 Å². The Labute approximate surface area is 194 Å². The van der Waals surface area contributed by atoms with Crippen LogP contribution in [0.25, 0.3) is 0 Å². The summed E-state index contributed by atoms with van der Waals surface area (Å²) in [6.45, 7) is 18.3. The number of allylic oxidation sites excluding steroid dienone is 4. The third kappa shape index (κ3) is 9.46. The highest BCUT2D eigenvalue weighted by Crippen LogP contribution is 2.33. The zero-order valence-corrected chi connectivity index (χ0v) is 21.2. The third-order valence-electron chi connectivity index (χ3n) is 5.27. The molecular weight excluding hydrogens is 402 g/mol. The molecule has 4 nitrogen and oxygen atoms in total. The van der Waals surface area contributed by atoms with Crippen LogP contribution in [0, 0.1) is 5.41 Å². The number of hydrogen-bond donors (Lipinski definition) is 2. The van der Waals surface area contributed by atoms with Crippen molar-refractivity contribution in [2.75, 3.05) is 13.1 Å². The van der Waals surface area contributed by atoms with Crippen LogP contribution in [0.3, 0.4) is 0 Å². The summed E-state index contributed by atoms with van der Waals surface area (Å²) < 4.78 is 0. The minimum Gasteiger partial charge on any atom is -0.323 e. The van der Waals surface area contributed by atoms with Crippen LogP contribution < -0.4 is 11.1 Å². The van der Waals surface area contributed by atoms with E-state index in [2.05, 4.69) is 55.0 Å². The first-order chi connectivity index (χ1) is 15.0. The SMILES string of the molecule is C=CC(N)C(C)(/C=C\C)C(/C=C\CC)=C/C.CC.O=Cc1csc(C2CCNCC2)n1. The highest BCUT2D eigenvalue weighted by molar-refractivity contribution is 7.09. The molecule has 0 saturated carbocycles. The Morgan fingerprint density at radius 1 is 1.39 bits per heavy atom. The first-order valence-electron chi connectivity index (χ1n) is 11.4. The van der Waals surface area contributed by atoms with Gasteiger partial charge in [-0.3, -0.25) is 4.79 Å². The number of carbonyl (C=O) groups excluding carboxylic acids is 1. The maximum absolute atomic E-state index is 10.4. The second kappa shape index (κ2) is 16.8. The number of nitrogens with two attached hydrogens (primary N) is 1. The molecule has 2 rings (SSSR count). The van der Waals surface area contributed by atoms with Crippen molar-refractivity contribution in [2.24, 2.45) is 11.1 Å². The summed E-state index contributed by atoms with van der Waals surface area (Å²) in [6.07, 6.45) is 16.6. The summed E-state index contributed by atoms with van der Waals surface area (Å²) in [5, 5.41) is 6.28. The van der Waals surface area contributed by atoms with Crippen molar-refractivity contribution < 1.29 is 4.79 Å². The van der Waals surface area contributed by atoms with E-state index in [-0.39, 0.29) is 11.5 Å². The Balaban J connectivity index is 0.000000544. The minimum absolute atomic E-state index is 0.0728. The Kier molecular flexibility index (Phi) is 15.8. The lowest BCUT2D eigenvalue weighted by atomic mass is 9.75. The Morgan fingerprint density at radius 3 is 2.48 bits per heavy atom. The van der Waals surface area contributed by atoms with Gasteiger partial charge in [-0.25, -0.2) is 4.98 Å². The third-order valence-corrected chi connectivity index (χ3v) is 6.30. The van der Waals surface area contributed by atoms with Gasteiger partial charge in [0, 0.05) is 22.8 Å². The molecule has 2 unspecified atom stereocenters. The molecule has 2 atom stereocenters. The molecule has 1 aliphatic heterocycles. The van der Waals surface area contributed by atoms with E-state index < -0.39 is 0 Å². The van der Waals surface area contributed by atoms with Crippen LogP contribution >= 0.6 is 11.3 Å². The zero-order chi connectivity index (χ0) is 23.7. The smallest absolute Gasteiger partial charge is 0.169 e. The molecule has 1 saturated heterocycles. The molecule has 174 valence electrons. The Bertz CT molecular complexity index is 714. The van der Waals surface area contributed by atoms with Crippen LogP contribution in [0.15, 0.2) is 54.0 Å². The van der Waals surface area contributed by atoms with Gasteiger partial charge in [-0.2, -0.15) is 0 Å². The second-order valence-electron chi connectivity index (χ2n) is 7.35. The largest absolute Gasteiger partial charge is 0.323 e. The van der Waals surface area contributed by atoms with Crippen LogP contribution in [0.5, 0.6) is 0 Å². The van der Waals surface area contributed by atoms with Gasteiger partial charge in [-0.05, 0) is 51.8 Å². The molecule has 31 heavy (non-hydrogen) atoms. The number of piperidine rings is 1. The normalized spacial score (nSPS) is 17.8. The molecule has 1 aromatic heterocycles. The summed E-state index contributed by atoms with van der Waals surface area (Å²) in [5.74, 6) is 0.569. The average Bonchev–Trinajstić information content (AvgIpc) is 3.31. The Hall–Kier alpha value is -1.82. The molecule has 0 amide bonds. The van der Waals surface area contributed by atoms with Gasteiger partial charge in [0.05, 0.1) is 5.01 Å². The summed E-state index contributed by atoms with van der Waals surface area (Å²) in [4.78, 5) is 14.7. The van der Waals surface area contributed by atoms with E-state index in [1.54, 1.807) is 11.3 Å². The van der Waals surface area contributed by atoms with E-state index in [0.29, 0.717) is 11.6 Å². The van der Waals surface area contributed by atoms with E-state index in [9.17, 15) is 4.79 Å². The van der Waals surface area contributed by atoms with Crippen molar-refractivity contribution in [3.05, 3.63) is 64.7 Å². The van der Waals surface area contributed by atoms with Gasteiger partial charge in [0.1, 0.15) is 5.69 Å². The van der Waals surface area contributed by atoms with Crippen molar-refractivity contribution in [1.29, 1.82) is 0 Å². The van der Waals surface area contributed by atoms with E-state index in [0.717, 1.165) is 43.6 Å².